The van der Waals surface area contributed by atoms with Crippen molar-refractivity contribution in [1.82, 2.24) is 10.2 Å². The van der Waals surface area contributed by atoms with Crippen LogP contribution in [-0.4, -0.2) is 43.0 Å². The molecule has 2 amide bonds. The number of methoxy groups -OCH3 is 1. The van der Waals surface area contributed by atoms with Gasteiger partial charge in [-0.2, -0.15) is 0 Å². The van der Waals surface area contributed by atoms with Gasteiger partial charge < -0.3 is 15.0 Å². The van der Waals surface area contributed by atoms with E-state index in [9.17, 15) is 9.59 Å². The number of rotatable bonds is 6. The molecular formula is C17H23ClN2O3. The van der Waals surface area contributed by atoms with Gasteiger partial charge in [-0.3, -0.25) is 9.59 Å². The molecule has 1 aromatic rings. The lowest BCUT2D eigenvalue weighted by Gasteiger charge is -2.24. The SMILES string of the molecule is CCCCNC(=O)C1CCCN1C(=O)c1cc(Cl)ccc1OC. The van der Waals surface area contributed by atoms with Gasteiger partial charge in [-0.1, -0.05) is 24.9 Å². The fourth-order valence-corrected chi connectivity index (χ4v) is 2.96. The molecule has 0 aromatic heterocycles. The number of halogens is 1. The maximum absolute atomic E-state index is 12.8. The first kappa shape index (κ1) is 17.6. The Morgan fingerprint density at radius 3 is 2.91 bits per heavy atom. The Bertz CT molecular complexity index is 577. The van der Waals surface area contributed by atoms with E-state index in [0.717, 1.165) is 19.3 Å². The lowest BCUT2D eigenvalue weighted by molar-refractivity contribution is -0.124. The second-order valence-electron chi connectivity index (χ2n) is 5.65. The molecule has 1 heterocycles. The summed E-state index contributed by atoms with van der Waals surface area (Å²) in [5.74, 6) is 0.180. The van der Waals surface area contributed by atoms with E-state index in [-0.39, 0.29) is 11.8 Å². The van der Waals surface area contributed by atoms with Crippen LogP contribution in [0.25, 0.3) is 0 Å². The topological polar surface area (TPSA) is 58.6 Å². The predicted molar refractivity (Wildman–Crippen MR) is 90.0 cm³/mol. The molecule has 1 aliphatic rings. The first-order chi connectivity index (χ1) is 11.1. The summed E-state index contributed by atoms with van der Waals surface area (Å²) in [6.45, 7) is 3.29. The van der Waals surface area contributed by atoms with Gasteiger partial charge in [0.05, 0.1) is 12.7 Å². The van der Waals surface area contributed by atoms with Crippen molar-refractivity contribution in [3.05, 3.63) is 28.8 Å². The highest BCUT2D eigenvalue weighted by Crippen LogP contribution is 2.27. The molecule has 1 unspecified atom stereocenters. The Morgan fingerprint density at radius 1 is 1.43 bits per heavy atom. The summed E-state index contributed by atoms with van der Waals surface area (Å²) in [6, 6.07) is 4.52. The summed E-state index contributed by atoms with van der Waals surface area (Å²) in [5, 5.41) is 3.38. The maximum Gasteiger partial charge on any atom is 0.258 e. The molecule has 0 aliphatic carbocycles. The number of hydrogen-bond acceptors (Lipinski definition) is 3. The molecule has 0 radical (unpaired) electrons. The number of ether oxygens (including phenoxy) is 1. The monoisotopic (exact) mass is 338 g/mol. The number of carbonyl (C=O) groups excluding carboxylic acids is 2. The zero-order chi connectivity index (χ0) is 16.8. The van der Waals surface area contributed by atoms with E-state index in [1.165, 1.54) is 7.11 Å². The third kappa shape index (κ3) is 4.16. The molecule has 6 heteroatoms. The Labute approximate surface area is 141 Å². The Balaban J connectivity index is 2.14. The van der Waals surface area contributed by atoms with Gasteiger partial charge >= 0.3 is 0 Å². The average molecular weight is 339 g/mol. The highest BCUT2D eigenvalue weighted by atomic mass is 35.5. The molecular weight excluding hydrogens is 316 g/mol. The van der Waals surface area contributed by atoms with E-state index < -0.39 is 6.04 Å². The van der Waals surface area contributed by atoms with Gasteiger partial charge in [0.1, 0.15) is 11.8 Å². The average Bonchev–Trinajstić information content (AvgIpc) is 3.04. The highest BCUT2D eigenvalue weighted by molar-refractivity contribution is 6.31. The third-order valence-electron chi connectivity index (χ3n) is 4.04. The van der Waals surface area contributed by atoms with Gasteiger partial charge in [0.2, 0.25) is 5.91 Å². The van der Waals surface area contributed by atoms with Crippen LogP contribution in [-0.2, 0) is 4.79 Å². The molecule has 1 aliphatic heterocycles. The maximum atomic E-state index is 12.8. The van der Waals surface area contributed by atoms with Crippen molar-refractivity contribution < 1.29 is 14.3 Å². The molecule has 0 saturated carbocycles. The number of nitrogens with one attached hydrogen (secondary N) is 1. The minimum absolute atomic E-state index is 0.0784. The van der Waals surface area contributed by atoms with Crippen LogP contribution in [0.4, 0.5) is 0 Å². The Morgan fingerprint density at radius 2 is 2.22 bits per heavy atom. The molecule has 1 N–H and O–H groups in total. The highest BCUT2D eigenvalue weighted by Gasteiger charge is 2.35. The Hall–Kier alpha value is -1.75. The van der Waals surface area contributed by atoms with Gasteiger partial charge in [0.25, 0.3) is 5.91 Å². The molecule has 0 spiro atoms. The number of hydrogen-bond donors (Lipinski definition) is 1. The van der Waals surface area contributed by atoms with Crippen molar-refractivity contribution in [2.24, 2.45) is 0 Å². The zero-order valence-corrected chi connectivity index (χ0v) is 14.4. The molecule has 1 aromatic carbocycles. The smallest absolute Gasteiger partial charge is 0.258 e. The van der Waals surface area contributed by atoms with Crippen LogP contribution in [0.2, 0.25) is 5.02 Å². The summed E-state index contributed by atoms with van der Waals surface area (Å²) < 4.78 is 5.25. The number of likely N-dealkylation sites (tertiary alicyclic amines) is 1. The van der Waals surface area contributed by atoms with Crippen molar-refractivity contribution in [3.8, 4) is 5.75 Å². The first-order valence-corrected chi connectivity index (χ1v) is 8.38. The molecule has 0 bridgehead atoms. The standard InChI is InChI=1S/C17H23ClN2O3/c1-3-4-9-19-16(21)14-6-5-10-20(14)17(22)13-11-12(18)7-8-15(13)23-2/h7-8,11,14H,3-6,9-10H2,1-2H3,(H,19,21). The lowest BCUT2D eigenvalue weighted by atomic mass is 10.1. The van der Waals surface area contributed by atoms with Crippen LogP contribution < -0.4 is 10.1 Å². The second kappa shape index (κ2) is 8.20. The fourth-order valence-electron chi connectivity index (χ4n) is 2.79. The van der Waals surface area contributed by atoms with Crippen LogP contribution in [0, 0.1) is 0 Å². The molecule has 1 atom stereocenters. The molecule has 126 valence electrons. The van der Waals surface area contributed by atoms with Crippen LogP contribution >= 0.6 is 11.6 Å². The first-order valence-electron chi connectivity index (χ1n) is 8.00. The van der Waals surface area contributed by atoms with E-state index in [1.807, 2.05) is 0 Å². The van der Waals surface area contributed by atoms with Crippen LogP contribution in [0.15, 0.2) is 18.2 Å². The quantitative estimate of drug-likeness (QED) is 0.811. The zero-order valence-electron chi connectivity index (χ0n) is 13.6. The Kier molecular flexibility index (Phi) is 6.28. The summed E-state index contributed by atoms with van der Waals surface area (Å²) in [4.78, 5) is 26.8. The number of amides is 2. The minimum Gasteiger partial charge on any atom is -0.496 e. The van der Waals surface area contributed by atoms with E-state index in [4.69, 9.17) is 16.3 Å². The predicted octanol–water partition coefficient (Wildman–Crippen LogP) is 2.87. The third-order valence-corrected chi connectivity index (χ3v) is 4.27. The van der Waals surface area contributed by atoms with E-state index in [0.29, 0.717) is 35.8 Å². The van der Waals surface area contributed by atoms with Gasteiger partial charge in [-0.15, -0.1) is 0 Å². The number of carbonyl (C=O) groups is 2. The van der Waals surface area contributed by atoms with E-state index >= 15 is 0 Å². The molecule has 1 fully saturated rings. The summed E-state index contributed by atoms with van der Waals surface area (Å²) in [7, 11) is 1.51. The minimum atomic E-state index is -0.414. The van der Waals surface area contributed by atoms with E-state index in [2.05, 4.69) is 12.2 Å². The van der Waals surface area contributed by atoms with Crippen molar-refractivity contribution in [1.29, 1.82) is 0 Å². The van der Waals surface area contributed by atoms with Crippen molar-refractivity contribution in [3.63, 3.8) is 0 Å². The van der Waals surface area contributed by atoms with Crippen molar-refractivity contribution >= 4 is 23.4 Å². The number of nitrogens with zero attached hydrogens (tertiary/aromatic N) is 1. The van der Waals surface area contributed by atoms with Gasteiger partial charge in [-0.25, -0.2) is 0 Å². The van der Waals surface area contributed by atoms with Gasteiger partial charge in [-0.05, 0) is 37.5 Å². The van der Waals surface area contributed by atoms with Crippen molar-refractivity contribution in [2.45, 2.75) is 38.6 Å². The lowest BCUT2D eigenvalue weighted by Crippen LogP contribution is -2.46. The second-order valence-corrected chi connectivity index (χ2v) is 6.08. The normalized spacial score (nSPS) is 17.2. The van der Waals surface area contributed by atoms with Crippen LogP contribution in [0.5, 0.6) is 5.75 Å². The molecule has 5 nitrogen and oxygen atoms in total. The fraction of sp³-hybridized carbons (Fsp3) is 0.529. The largest absolute Gasteiger partial charge is 0.496 e. The van der Waals surface area contributed by atoms with Crippen LogP contribution in [0.3, 0.4) is 0 Å². The summed E-state index contributed by atoms with van der Waals surface area (Å²) >= 11 is 6.00. The van der Waals surface area contributed by atoms with Gasteiger partial charge in [0.15, 0.2) is 0 Å². The van der Waals surface area contributed by atoms with Crippen LogP contribution in [0.1, 0.15) is 43.0 Å². The number of benzene rings is 1. The number of unbranched alkanes of at least 4 members (excludes halogenated alkanes) is 1. The molecule has 1 saturated heterocycles. The molecule has 2 rings (SSSR count). The van der Waals surface area contributed by atoms with E-state index in [1.54, 1.807) is 23.1 Å². The summed E-state index contributed by atoms with van der Waals surface area (Å²) in [6.07, 6.45) is 3.47. The molecule has 23 heavy (non-hydrogen) atoms. The summed E-state index contributed by atoms with van der Waals surface area (Å²) in [5.41, 5.74) is 0.397. The van der Waals surface area contributed by atoms with Gasteiger partial charge in [0, 0.05) is 18.1 Å². The van der Waals surface area contributed by atoms with Crippen molar-refractivity contribution in [2.75, 3.05) is 20.2 Å².